The molecule has 14 heavy (non-hydrogen) atoms. The number of nitrogens with zero attached hydrogens (tertiary/aromatic N) is 2. The fourth-order valence-electron chi connectivity index (χ4n) is 1.55. The van der Waals surface area contributed by atoms with Gasteiger partial charge in [-0.15, -0.1) is 0 Å². The highest BCUT2D eigenvalue weighted by molar-refractivity contribution is 5.06. The summed E-state index contributed by atoms with van der Waals surface area (Å²) < 4.78 is 29.9. The van der Waals surface area contributed by atoms with E-state index in [0.717, 1.165) is 17.9 Å². The van der Waals surface area contributed by atoms with Gasteiger partial charge in [0.2, 0.25) is 0 Å². The molecule has 0 atom stereocenters. The number of aromatic nitrogens is 1. The van der Waals surface area contributed by atoms with Crippen LogP contribution in [0.15, 0.2) is 10.6 Å². The first kappa shape index (κ1) is 9.58. The molecule has 1 aliphatic rings. The van der Waals surface area contributed by atoms with E-state index >= 15 is 0 Å². The van der Waals surface area contributed by atoms with Crippen molar-refractivity contribution < 1.29 is 13.3 Å². The topological polar surface area (TPSA) is 29.3 Å². The average Bonchev–Trinajstić information content (AvgIpc) is 2.49. The van der Waals surface area contributed by atoms with Crippen molar-refractivity contribution in [1.29, 1.82) is 0 Å². The Morgan fingerprint density at radius 1 is 1.57 bits per heavy atom. The SMILES string of the molecule is CCc1cc(CN2CC(F)(F)C2)no1. The molecule has 0 radical (unpaired) electrons. The maximum Gasteiger partial charge on any atom is 0.272 e. The predicted octanol–water partition coefficient (Wildman–Crippen LogP) is 1.69. The fourth-order valence-corrected chi connectivity index (χ4v) is 1.55. The third-order valence-electron chi connectivity index (χ3n) is 2.25. The molecular formula is C9H12F2N2O. The quantitative estimate of drug-likeness (QED) is 0.746. The Balaban J connectivity index is 1.87. The summed E-state index contributed by atoms with van der Waals surface area (Å²) in [4.78, 5) is 1.65. The number of hydrogen-bond acceptors (Lipinski definition) is 3. The van der Waals surface area contributed by atoms with E-state index < -0.39 is 5.92 Å². The molecule has 0 saturated carbocycles. The molecular weight excluding hydrogens is 190 g/mol. The third kappa shape index (κ3) is 1.92. The van der Waals surface area contributed by atoms with Crippen molar-refractivity contribution in [2.75, 3.05) is 13.1 Å². The van der Waals surface area contributed by atoms with Crippen LogP contribution in [0, 0.1) is 0 Å². The van der Waals surface area contributed by atoms with E-state index in [4.69, 9.17) is 4.52 Å². The molecule has 0 aliphatic carbocycles. The summed E-state index contributed by atoms with van der Waals surface area (Å²) in [5.74, 6) is -1.70. The van der Waals surface area contributed by atoms with E-state index in [1.807, 2.05) is 13.0 Å². The Kier molecular flexibility index (Phi) is 2.26. The monoisotopic (exact) mass is 202 g/mol. The van der Waals surface area contributed by atoms with Gasteiger partial charge in [-0.05, 0) is 0 Å². The maximum absolute atomic E-state index is 12.5. The van der Waals surface area contributed by atoms with E-state index in [2.05, 4.69) is 5.16 Å². The van der Waals surface area contributed by atoms with E-state index in [0.29, 0.717) is 6.54 Å². The Bertz CT molecular complexity index is 316. The number of halogens is 2. The highest BCUT2D eigenvalue weighted by Crippen LogP contribution is 2.27. The second-order valence-electron chi connectivity index (χ2n) is 3.64. The summed E-state index contributed by atoms with van der Waals surface area (Å²) in [6, 6.07) is 1.82. The molecule has 0 aromatic carbocycles. The smallest absolute Gasteiger partial charge is 0.272 e. The first-order valence-corrected chi connectivity index (χ1v) is 4.64. The lowest BCUT2D eigenvalue weighted by atomic mass is 10.1. The highest BCUT2D eigenvalue weighted by atomic mass is 19.3. The van der Waals surface area contributed by atoms with Gasteiger partial charge in [0.1, 0.15) is 5.76 Å². The largest absolute Gasteiger partial charge is 0.361 e. The lowest BCUT2D eigenvalue weighted by Crippen LogP contribution is -2.55. The number of rotatable bonds is 3. The summed E-state index contributed by atoms with van der Waals surface area (Å²) in [5, 5.41) is 3.80. The van der Waals surface area contributed by atoms with Crippen molar-refractivity contribution in [1.82, 2.24) is 10.1 Å². The van der Waals surface area contributed by atoms with Crippen molar-refractivity contribution in [3.8, 4) is 0 Å². The van der Waals surface area contributed by atoms with Crippen LogP contribution in [0.2, 0.25) is 0 Å². The van der Waals surface area contributed by atoms with E-state index in [-0.39, 0.29) is 13.1 Å². The Morgan fingerprint density at radius 3 is 2.79 bits per heavy atom. The lowest BCUT2D eigenvalue weighted by molar-refractivity contribution is -0.134. The molecule has 1 fully saturated rings. The van der Waals surface area contributed by atoms with Crippen molar-refractivity contribution in [3.63, 3.8) is 0 Å². The predicted molar refractivity (Wildman–Crippen MR) is 46.1 cm³/mol. The minimum absolute atomic E-state index is 0.165. The molecule has 0 unspecified atom stereocenters. The van der Waals surface area contributed by atoms with Crippen LogP contribution >= 0.6 is 0 Å². The van der Waals surface area contributed by atoms with E-state index in [1.54, 1.807) is 4.90 Å². The number of aryl methyl sites for hydroxylation is 1. The fraction of sp³-hybridized carbons (Fsp3) is 0.667. The molecule has 0 N–H and O–H groups in total. The molecule has 2 rings (SSSR count). The van der Waals surface area contributed by atoms with Crippen molar-refractivity contribution in [2.24, 2.45) is 0 Å². The molecule has 1 aromatic heterocycles. The summed E-state index contributed by atoms with van der Waals surface area (Å²) in [6.45, 7) is 2.09. The standard InChI is InChI=1S/C9H12F2N2O/c1-2-8-3-7(12-14-8)4-13-5-9(10,11)6-13/h3H,2,4-6H2,1H3. The van der Waals surface area contributed by atoms with Gasteiger partial charge in [-0.1, -0.05) is 12.1 Å². The summed E-state index contributed by atoms with van der Waals surface area (Å²) in [7, 11) is 0. The molecule has 1 aromatic rings. The summed E-state index contributed by atoms with van der Waals surface area (Å²) in [5.41, 5.74) is 0.734. The highest BCUT2D eigenvalue weighted by Gasteiger charge is 2.43. The molecule has 1 aliphatic heterocycles. The summed E-state index contributed by atoms with van der Waals surface area (Å²) in [6.07, 6.45) is 0.781. The molecule has 1 saturated heterocycles. The van der Waals surface area contributed by atoms with Crippen LogP contribution in [0.4, 0.5) is 8.78 Å². The van der Waals surface area contributed by atoms with Gasteiger partial charge < -0.3 is 4.52 Å². The van der Waals surface area contributed by atoms with Gasteiger partial charge >= 0.3 is 0 Å². The number of likely N-dealkylation sites (tertiary alicyclic amines) is 1. The molecule has 3 nitrogen and oxygen atoms in total. The minimum atomic E-state index is -2.50. The van der Waals surface area contributed by atoms with Gasteiger partial charge in [0.15, 0.2) is 0 Å². The Morgan fingerprint density at radius 2 is 2.29 bits per heavy atom. The van der Waals surface area contributed by atoms with Crippen LogP contribution in [0.3, 0.4) is 0 Å². The van der Waals surface area contributed by atoms with Crippen LogP contribution in [0.25, 0.3) is 0 Å². The molecule has 78 valence electrons. The zero-order valence-corrected chi connectivity index (χ0v) is 7.96. The van der Waals surface area contributed by atoms with E-state index in [9.17, 15) is 8.78 Å². The van der Waals surface area contributed by atoms with Crippen LogP contribution < -0.4 is 0 Å². The van der Waals surface area contributed by atoms with Crippen LogP contribution in [-0.4, -0.2) is 29.1 Å². The molecule has 2 heterocycles. The first-order valence-electron chi connectivity index (χ1n) is 4.64. The van der Waals surface area contributed by atoms with Crippen molar-refractivity contribution >= 4 is 0 Å². The average molecular weight is 202 g/mol. The molecule has 0 amide bonds. The molecule has 0 bridgehead atoms. The van der Waals surface area contributed by atoms with Gasteiger partial charge in [-0.25, -0.2) is 8.78 Å². The Labute approximate surface area is 80.7 Å². The van der Waals surface area contributed by atoms with Gasteiger partial charge in [0.25, 0.3) is 5.92 Å². The van der Waals surface area contributed by atoms with Gasteiger partial charge in [-0.2, -0.15) is 0 Å². The number of alkyl halides is 2. The minimum Gasteiger partial charge on any atom is -0.361 e. The van der Waals surface area contributed by atoms with Crippen molar-refractivity contribution in [2.45, 2.75) is 25.8 Å². The third-order valence-corrected chi connectivity index (χ3v) is 2.25. The first-order chi connectivity index (χ1) is 6.59. The van der Waals surface area contributed by atoms with E-state index in [1.165, 1.54) is 0 Å². The second-order valence-corrected chi connectivity index (χ2v) is 3.64. The molecule has 5 heteroatoms. The normalized spacial score (nSPS) is 20.8. The molecule has 0 spiro atoms. The van der Waals surface area contributed by atoms with Crippen LogP contribution in [-0.2, 0) is 13.0 Å². The zero-order valence-electron chi connectivity index (χ0n) is 7.96. The number of hydrogen-bond donors (Lipinski definition) is 0. The van der Waals surface area contributed by atoms with Gasteiger partial charge in [0, 0.05) is 19.0 Å². The lowest BCUT2D eigenvalue weighted by Gasteiger charge is -2.37. The van der Waals surface area contributed by atoms with Crippen LogP contribution in [0.1, 0.15) is 18.4 Å². The van der Waals surface area contributed by atoms with Gasteiger partial charge in [-0.3, -0.25) is 4.90 Å². The maximum atomic E-state index is 12.5. The second kappa shape index (κ2) is 3.31. The Hall–Kier alpha value is -0.970. The van der Waals surface area contributed by atoms with Crippen LogP contribution in [0.5, 0.6) is 0 Å². The van der Waals surface area contributed by atoms with Gasteiger partial charge in [0.05, 0.1) is 18.8 Å². The zero-order chi connectivity index (χ0) is 10.2. The van der Waals surface area contributed by atoms with Crippen molar-refractivity contribution in [3.05, 3.63) is 17.5 Å². The summed E-state index contributed by atoms with van der Waals surface area (Å²) >= 11 is 0.